The van der Waals surface area contributed by atoms with Crippen LogP contribution < -0.4 is 5.73 Å². The van der Waals surface area contributed by atoms with Crippen LogP contribution in [0.4, 0.5) is 0 Å². The van der Waals surface area contributed by atoms with Crippen LogP contribution in [0.5, 0.6) is 0 Å². The van der Waals surface area contributed by atoms with Crippen molar-refractivity contribution >= 4 is 38.6 Å². The Bertz CT molecular complexity index is 1020. The Balaban J connectivity index is 2.26. The van der Waals surface area contributed by atoms with Gasteiger partial charge >= 0.3 is 0 Å². The number of rotatable bonds is 1. The number of hydrogen-bond donors (Lipinski definition) is 1. The minimum absolute atomic E-state index is 0.452. The Morgan fingerprint density at radius 1 is 0.952 bits per heavy atom. The zero-order chi connectivity index (χ0) is 14.4. The topological polar surface area (TPSA) is 68.9 Å². The average Bonchev–Trinajstić information content (AvgIpc) is 2.52. The Labute approximate surface area is 120 Å². The lowest BCUT2D eigenvalue weighted by Crippen LogP contribution is -2.11. The van der Waals surface area contributed by atoms with E-state index >= 15 is 0 Å². The summed E-state index contributed by atoms with van der Waals surface area (Å²) in [6, 6.07) is 15.3. The number of nitrogens with zero attached hydrogens (tertiary/aromatic N) is 2. The summed E-state index contributed by atoms with van der Waals surface area (Å²) in [5.74, 6) is -0.468. The molecule has 0 aliphatic carbocycles. The molecule has 0 aliphatic rings. The zero-order valence-electron chi connectivity index (χ0n) is 11.1. The van der Waals surface area contributed by atoms with Crippen LogP contribution >= 0.6 is 0 Å². The molecule has 0 fully saturated rings. The lowest BCUT2D eigenvalue weighted by atomic mass is 10.0. The predicted octanol–water partition coefficient (Wildman–Crippen LogP) is 3.04. The minimum Gasteiger partial charge on any atom is -0.366 e. The van der Waals surface area contributed by atoms with Crippen molar-refractivity contribution in [1.29, 1.82) is 0 Å². The molecule has 0 saturated heterocycles. The molecule has 2 N–H and O–H groups in total. The maximum absolute atomic E-state index is 11.7. The summed E-state index contributed by atoms with van der Waals surface area (Å²) in [5.41, 5.74) is 8.31. The summed E-state index contributed by atoms with van der Waals surface area (Å²) in [4.78, 5) is 20.8. The summed E-state index contributed by atoms with van der Waals surface area (Å²) >= 11 is 0. The van der Waals surface area contributed by atoms with Gasteiger partial charge in [0.15, 0.2) is 0 Å². The summed E-state index contributed by atoms with van der Waals surface area (Å²) in [6.45, 7) is 0. The van der Waals surface area contributed by atoms with Gasteiger partial charge < -0.3 is 5.73 Å². The van der Waals surface area contributed by atoms with Crippen LogP contribution in [0, 0.1) is 0 Å². The highest BCUT2D eigenvalue weighted by atomic mass is 16.1. The molecule has 21 heavy (non-hydrogen) atoms. The number of carbonyl (C=O) groups excluding carboxylic acids is 1. The normalized spacial score (nSPS) is 11.2. The second-order valence-electron chi connectivity index (χ2n) is 4.94. The van der Waals surface area contributed by atoms with Crippen molar-refractivity contribution in [3.63, 3.8) is 0 Å². The number of hydrogen-bond acceptors (Lipinski definition) is 3. The van der Waals surface area contributed by atoms with Gasteiger partial charge in [-0.15, -0.1) is 0 Å². The number of amides is 1. The number of nitrogens with two attached hydrogens (primary N) is 1. The predicted molar refractivity (Wildman–Crippen MR) is 83.1 cm³/mol. The van der Waals surface area contributed by atoms with Gasteiger partial charge in [-0.3, -0.25) is 9.78 Å². The minimum atomic E-state index is -0.468. The van der Waals surface area contributed by atoms with Crippen molar-refractivity contribution in [2.75, 3.05) is 0 Å². The SMILES string of the molecule is NC(=O)c1cccc2ncc3cc4ccccc4nc3c12. The quantitative estimate of drug-likeness (QED) is 0.428. The molecule has 4 nitrogen and oxygen atoms in total. The number of para-hydroxylation sites is 1. The highest BCUT2D eigenvalue weighted by molar-refractivity contribution is 6.16. The third-order valence-corrected chi connectivity index (χ3v) is 3.64. The van der Waals surface area contributed by atoms with Crippen molar-refractivity contribution < 1.29 is 4.79 Å². The lowest BCUT2D eigenvalue weighted by molar-refractivity contribution is 0.100. The molecular weight excluding hydrogens is 262 g/mol. The molecule has 0 aliphatic heterocycles. The molecule has 0 atom stereocenters. The number of fused-ring (bicyclic) bond motifs is 4. The van der Waals surface area contributed by atoms with Crippen molar-refractivity contribution in [1.82, 2.24) is 9.97 Å². The lowest BCUT2D eigenvalue weighted by Gasteiger charge is -2.07. The third kappa shape index (κ3) is 1.73. The van der Waals surface area contributed by atoms with E-state index in [2.05, 4.69) is 4.98 Å². The summed E-state index contributed by atoms with van der Waals surface area (Å²) in [7, 11) is 0. The Hall–Kier alpha value is -3.01. The fraction of sp³-hybridized carbons (Fsp3) is 0. The van der Waals surface area contributed by atoms with Gasteiger partial charge in [0.25, 0.3) is 0 Å². The van der Waals surface area contributed by atoms with Crippen molar-refractivity contribution in [3.8, 4) is 0 Å². The third-order valence-electron chi connectivity index (χ3n) is 3.64. The van der Waals surface area contributed by atoms with Crippen molar-refractivity contribution in [2.45, 2.75) is 0 Å². The second kappa shape index (κ2) is 4.24. The van der Waals surface area contributed by atoms with E-state index in [4.69, 9.17) is 10.7 Å². The molecule has 4 aromatic rings. The first-order chi connectivity index (χ1) is 10.2. The fourth-order valence-electron chi connectivity index (χ4n) is 2.67. The molecule has 2 aromatic heterocycles. The average molecular weight is 273 g/mol. The number of carbonyl (C=O) groups is 1. The molecule has 0 unspecified atom stereocenters. The van der Waals surface area contributed by atoms with Gasteiger partial charge in [-0.25, -0.2) is 4.98 Å². The van der Waals surface area contributed by atoms with E-state index < -0.39 is 5.91 Å². The van der Waals surface area contributed by atoms with E-state index in [-0.39, 0.29) is 0 Å². The molecule has 2 heterocycles. The van der Waals surface area contributed by atoms with Gasteiger partial charge in [-0.2, -0.15) is 0 Å². The van der Waals surface area contributed by atoms with Gasteiger partial charge in [0.05, 0.1) is 22.1 Å². The maximum atomic E-state index is 11.7. The molecule has 100 valence electrons. The summed E-state index contributed by atoms with van der Waals surface area (Å²) in [5, 5.41) is 2.66. The first kappa shape index (κ1) is 11.8. The Morgan fingerprint density at radius 2 is 1.76 bits per heavy atom. The fourth-order valence-corrected chi connectivity index (χ4v) is 2.67. The van der Waals surface area contributed by atoms with E-state index in [1.54, 1.807) is 18.3 Å². The van der Waals surface area contributed by atoms with Crippen LogP contribution in [0.1, 0.15) is 10.4 Å². The van der Waals surface area contributed by atoms with Gasteiger partial charge in [0.1, 0.15) is 0 Å². The van der Waals surface area contributed by atoms with Crippen LogP contribution in [0.2, 0.25) is 0 Å². The molecule has 2 aromatic carbocycles. The number of pyridine rings is 2. The summed E-state index contributed by atoms with van der Waals surface area (Å²) in [6.07, 6.45) is 1.78. The Kier molecular flexibility index (Phi) is 2.38. The number of primary amides is 1. The van der Waals surface area contributed by atoms with Gasteiger partial charge in [-0.1, -0.05) is 24.3 Å². The smallest absolute Gasteiger partial charge is 0.249 e. The van der Waals surface area contributed by atoms with Crippen molar-refractivity contribution in [3.05, 3.63) is 60.3 Å². The van der Waals surface area contributed by atoms with Crippen molar-refractivity contribution in [2.24, 2.45) is 5.73 Å². The van der Waals surface area contributed by atoms with Crippen LogP contribution in [-0.4, -0.2) is 15.9 Å². The first-order valence-electron chi connectivity index (χ1n) is 6.61. The van der Waals surface area contributed by atoms with Crippen LogP contribution in [0.15, 0.2) is 54.7 Å². The molecule has 0 radical (unpaired) electrons. The van der Waals surface area contributed by atoms with Crippen LogP contribution in [0.25, 0.3) is 32.7 Å². The molecular formula is C17H11N3O. The molecule has 4 rings (SSSR count). The van der Waals surface area contributed by atoms with E-state index in [1.807, 2.05) is 36.4 Å². The van der Waals surface area contributed by atoms with E-state index in [1.165, 1.54) is 0 Å². The van der Waals surface area contributed by atoms with Crippen LogP contribution in [-0.2, 0) is 0 Å². The second-order valence-corrected chi connectivity index (χ2v) is 4.94. The molecule has 0 spiro atoms. The largest absolute Gasteiger partial charge is 0.366 e. The van der Waals surface area contributed by atoms with Gasteiger partial charge in [-0.05, 0) is 24.3 Å². The highest BCUT2D eigenvalue weighted by Gasteiger charge is 2.12. The van der Waals surface area contributed by atoms with E-state index in [0.29, 0.717) is 10.9 Å². The zero-order valence-corrected chi connectivity index (χ0v) is 11.1. The maximum Gasteiger partial charge on any atom is 0.249 e. The molecule has 0 saturated carbocycles. The summed E-state index contributed by atoms with van der Waals surface area (Å²) < 4.78 is 0. The monoisotopic (exact) mass is 273 g/mol. The van der Waals surface area contributed by atoms with E-state index in [0.717, 1.165) is 27.3 Å². The standard InChI is InChI=1S/C17H11N3O/c18-17(21)12-5-3-7-14-15(12)16-11(9-19-14)8-10-4-1-2-6-13(10)20-16/h1-9H,(H2,18,21). The van der Waals surface area contributed by atoms with Gasteiger partial charge in [0.2, 0.25) is 5.91 Å². The Morgan fingerprint density at radius 3 is 2.62 bits per heavy atom. The highest BCUT2D eigenvalue weighted by Crippen LogP contribution is 2.27. The number of aromatic nitrogens is 2. The molecule has 0 bridgehead atoms. The first-order valence-corrected chi connectivity index (χ1v) is 6.61. The number of benzene rings is 2. The van der Waals surface area contributed by atoms with Crippen LogP contribution in [0.3, 0.4) is 0 Å². The molecule has 1 amide bonds. The van der Waals surface area contributed by atoms with Gasteiger partial charge in [0, 0.05) is 22.4 Å². The van der Waals surface area contributed by atoms with E-state index in [9.17, 15) is 4.79 Å². The molecule has 4 heteroatoms.